The van der Waals surface area contributed by atoms with Crippen LogP contribution in [-0.4, -0.2) is 23.1 Å². The Hall–Kier alpha value is -3.25. The fourth-order valence-electron chi connectivity index (χ4n) is 3.29. The van der Waals surface area contributed by atoms with Gasteiger partial charge in [-0.25, -0.2) is 0 Å². The van der Waals surface area contributed by atoms with Crippen LogP contribution >= 0.6 is 11.3 Å². The summed E-state index contributed by atoms with van der Waals surface area (Å²) in [6.07, 6.45) is 0.217. The number of ether oxygens (including phenoxy) is 1. The van der Waals surface area contributed by atoms with Crippen molar-refractivity contribution in [3.05, 3.63) is 77.1 Å². The van der Waals surface area contributed by atoms with Crippen molar-refractivity contribution in [1.29, 1.82) is 0 Å². The van der Waals surface area contributed by atoms with Crippen LogP contribution in [0.2, 0.25) is 0 Å². The van der Waals surface area contributed by atoms with Gasteiger partial charge in [0.1, 0.15) is 6.54 Å². The minimum absolute atomic E-state index is 0.0175. The van der Waals surface area contributed by atoms with Crippen molar-refractivity contribution in [3.8, 4) is 0 Å². The zero-order valence-corrected chi connectivity index (χ0v) is 16.8. The van der Waals surface area contributed by atoms with Crippen molar-refractivity contribution in [2.24, 2.45) is 4.99 Å². The number of hydrogen-bond acceptors (Lipinski definition) is 4. The van der Waals surface area contributed by atoms with Crippen LogP contribution in [0.15, 0.2) is 71.7 Å². The molecule has 0 bridgehead atoms. The Morgan fingerprint density at radius 3 is 2.55 bits per heavy atom. The van der Waals surface area contributed by atoms with Crippen molar-refractivity contribution in [2.75, 3.05) is 6.61 Å². The lowest BCUT2D eigenvalue weighted by molar-refractivity contribution is -0.143. The van der Waals surface area contributed by atoms with Crippen LogP contribution in [0.4, 0.5) is 0 Å². The fraction of sp³-hybridized carbons (Fsp3) is 0.174. The Balaban J connectivity index is 1.83. The molecule has 1 heterocycles. The number of esters is 1. The second-order valence-corrected chi connectivity index (χ2v) is 7.56. The minimum Gasteiger partial charge on any atom is -0.465 e. The number of carbonyl (C=O) groups excluding carboxylic acids is 2. The first-order valence-electron chi connectivity index (χ1n) is 9.44. The zero-order valence-electron chi connectivity index (χ0n) is 16.0. The van der Waals surface area contributed by atoms with Crippen LogP contribution in [0, 0.1) is 0 Å². The number of aromatic nitrogens is 1. The highest BCUT2D eigenvalue weighted by Crippen LogP contribution is 2.27. The lowest BCUT2D eigenvalue weighted by atomic mass is 10.1. The average molecular weight is 404 g/mol. The maximum absolute atomic E-state index is 12.6. The third-order valence-corrected chi connectivity index (χ3v) is 5.71. The van der Waals surface area contributed by atoms with E-state index < -0.39 is 0 Å². The number of thiazole rings is 1. The highest BCUT2D eigenvalue weighted by molar-refractivity contribution is 7.17. The van der Waals surface area contributed by atoms with E-state index in [2.05, 4.69) is 4.99 Å². The molecule has 0 aliphatic rings. The van der Waals surface area contributed by atoms with E-state index in [4.69, 9.17) is 4.74 Å². The van der Waals surface area contributed by atoms with Crippen molar-refractivity contribution >= 4 is 44.2 Å². The minimum atomic E-state index is -0.350. The quantitative estimate of drug-likeness (QED) is 0.471. The summed E-state index contributed by atoms with van der Waals surface area (Å²) in [5.41, 5.74) is 1.78. The second-order valence-electron chi connectivity index (χ2n) is 6.58. The maximum Gasteiger partial charge on any atom is 0.326 e. The highest BCUT2D eigenvalue weighted by atomic mass is 32.1. The van der Waals surface area contributed by atoms with E-state index in [1.54, 1.807) is 11.5 Å². The first kappa shape index (κ1) is 19.1. The van der Waals surface area contributed by atoms with Gasteiger partial charge in [-0.1, -0.05) is 72.0 Å². The van der Waals surface area contributed by atoms with Crippen LogP contribution in [0.1, 0.15) is 12.5 Å². The first-order chi connectivity index (χ1) is 14.2. The van der Waals surface area contributed by atoms with E-state index in [9.17, 15) is 9.59 Å². The van der Waals surface area contributed by atoms with Crippen LogP contribution in [0.25, 0.3) is 21.0 Å². The van der Waals surface area contributed by atoms with E-state index in [0.29, 0.717) is 11.4 Å². The Kier molecular flexibility index (Phi) is 5.53. The topological polar surface area (TPSA) is 60.7 Å². The normalized spacial score (nSPS) is 11.8. The molecular formula is C23H20N2O3S. The van der Waals surface area contributed by atoms with Crippen molar-refractivity contribution in [1.82, 2.24) is 4.57 Å². The van der Waals surface area contributed by atoms with Gasteiger partial charge in [0, 0.05) is 5.39 Å². The molecule has 0 saturated carbocycles. The predicted molar refractivity (Wildman–Crippen MR) is 115 cm³/mol. The number of fused-ring (bicyclic) bond motifs is 3. The third-order valence-electron chi connectivity index (χ3n) is 4.58. The molecule has 146 valence electrons. The first-order valence-corrected chi connectivity index (χ1v) is 10.3. The van der Waals surface area contributed by atoms with Gasteiger partial charge in [-0.05, 0) is 23.9 Å². The van der Waals surface area contributed by atoms with Crippen LogP contribution in [0.3, 0.4) is 0 Å². The Bertz CT molecular complexity index is 1260. The van der Waals surface area contributed by atoms with Gasteiger partial charge in [-0.3, -0.25) is 9.59 Å². The Morgan fingerprint density at radius 1 is 1.00 bits per heavy atom. The molecule has 4 rings (SSSR count). The molecule has 0 saturated heterocycles. The molecule has 4 aromatic rings. The summed E-state index contributed by atoms with van der Waals surface area (Å²) in [6, 6.07) is 21.5. The lowest BCUT2D eigenvalue weighted by Crippen LogP contribution is -2.23. The molecule has 6 heteroatoms. The number of hydrogen-bond donors (Lipinski definition) is 0. The van der Waals surface area contributed by atoms with Gasteiger partial charge in [0.2, 0.25) is 0 Å². The van der Waals surface area contributed by atoms with E-state index in [0.717, 1.165) is 26.6 Å². The Morgan fingerprint density at radius 2 is 1.76 bits per heavy atom. The Labute approximate surface area is 171 Å². The summed E-state index contributed by atoms with van der Waals surface area (Å²) in [5, 5.41) is 2.18. The molecule has 1 aromatic heterocycles. The third kappa shape index (κ3) is 4.12. The number of rotatable bonds is 5. The van der Waals surface area contributed by atoms with Gasteiger partial charge >= 0.3 is 5.97 Å². The van der Waals surface area contributed by atoms with E-state index in [-0.39, 0.29) is 24.8 Å². The molecule has 0 unspecified atom stereocenters. The molecule has 0 spiro atoms. The summed E-state index contributed by atoms with van der Waals surface area (Å²) in [5.74, 6) is -0.595. The molecule has 0 atom stereocenters. The number of benzene rings is 3. The van der Waals surface area contributed by atoms with Gasteiger partial charge in [-0.15, -0.1) is 0 Å². The van der Waals surface area contributed by atoms with Gasteiger partial charge in [0.25, 0.3) is 5.91 Å². The van der Waals surface area contributed by atoms with Crippen molar-refractivity contribution in [2.45, 2.75) is 19.9 Å². The monoisotopic (exact) mass is 404 g/mol. The van der Waals surface area contributed by atoms with E-state index in [1.807, 2.05) is 66.7 Å². The smallest absolute Gasteiger partial charge is 0.326 e. The predicted octanol–water partition coefficient (Wildman–Crippen LogP) is 4.09. The number of amides is 1. The van der Waals surface area contributed by atoms with Gasteiger partial charge in [-0.2, -0.15) is 4.99 Å². The maximum atomic E-state index is 12.6. The van der Waals surface area contributed by atoms with E-state index >= 15 is 0 Å². The highest BCUT2D eigenvalue weighted by Gasteiger charge is 2.14. The molecule has 0 fully saturated rings. The van der Waals surface area contributed by atoms with Crippen LogP contribution < -0.4 is 4.80 Å². The zero-order chi connectivity index (χ0) is 20.2. The molecule has 0 aliphatic heterocycles. The van der Waals surface area contributed by atoms with E-state index in [1.165, 1.54) is 11.3 Å². The summed E-state index contributed by atoms with van der Waals surface area (Å²) >= 11 is 1.42. The molecule has 5 nitrogen and oxygen atoms in total. The molecule has 0 radical (unpaired) electrons. The molecule has 1 amide bonds. The average Bonchev–Trinajstić information content (AvgIpc) is 3.06. The fourth-order valence-corrected chi connectivity index (χ4v) is 4.47. The van der Waals surface area contributed by atoms with Crippen molar-refractivity contribution in [3.63, 3.8) is 0 Å². The molecule has 3 aromatic carbocycles. The molecule has 0 N–H and O–H groups in total. The summed E-state index contributed by atoms with van der Waals surface area (Å²) in [6.45, 7) is 2.10. The molecule has 0 aliphatic carbocycles. The number of carbonyl (C=O) groups is 2. The largest absolute Gasteiger partial charge is 0.465 e. The standard InChI is InChI=1S/C23H20N2O3S/c1-2-28-21(27)15-25-19-13-12-17-10-6-7-11-18(17)22(19)29-23(25)24-20(26)14-16-8-4-3-5-9-16/h3-13H,2,14-15H2,1H3. The molecular weight excluding hydrogens is 384 g/mol. The summed E-state index contributed by atoms with van der Waals surface area (Å²) < 4.78 is 7.90. The van der Waals surface area contributed by atoms with Crippen LogP contribution in [-0.2, 0) is 27.3 Å². The SMILES string of the molecule is CCOC(=O)Cn1c(=NC(=O)Cc2ccccc2)sc2c3ccccc3ccc21. The second kappa shape index (κ2) is 8.41. The van der Waals surface area contributed by atoms with Gasteiger partial charge in [0.15, 0.2) is 4.80 Å². The summed E-state index contributed by atoms with van der Waals surface area (Å²) in [4.78, 5) is 29.6. The lowest BCUT2D eigenvalue weighted by Gasteiger charge is -2.06. The van der Waals surface area contributed by atoms with Crippen LogP contribution in [0.5, 0.6) is 0 Å². The van der Waals surface area contributed by atoms with Crippen molar-refractivity contribution < 1.29 is 14.3 Å². The van der Waals surface area contributed by atoms with Gasteiger partial charge in [0.05, 0.1) is 23.2 Å². The van der Waals surface area contributed by atoms with Gasteiger partial charge < -0.3 is 9.30 Å². The molecule has 29 heavy (non-hydrogen) atoms. The summed E-state index contributed by atoms with van der Waals surface area (Å²) in [7, 11) is 0. The number of nitrogens with zero attached hydrogens (tertiary/aromatic N) is 2.